The van der Waals surface area contributed by atoms with E-state index in [4.69, 9.17) is 28.4 Å². The lowest BCUT2D eigenvalue weighted by Gasteiger charge is -2.71. The number of carboxylic acid groups (broad SMARTS) is 1. The normalized spacial score (nSPS) is 54.0. The van der Waals surface area contributed by atoms with Gasteiger partial charge in [-0.2, -0.15) is 0 Å². The van der Waals surface area contributed by atoms with Crippen LogP contribution in [0.25, 0.3) is 0 Å². The Morgan fingerprint density at radius 3 is 1.80 bits per heavy atom. The van der Waals surface area contributed by atoms with Crippen LogP contribution in [0.5, 0.6) is 0 Å². The van der Waals surface area contributed by atoms with Crippen molar-refractivity contribution in [2.24, 2.45) is 50.2 Å². The lowest BCUT2D eigenvalue weighted by atomic mass is 9.33. The molecule has 3 saturated heterocycles. The molecule has 65 heavy (non-hydrogen) atoms. The van der Waals surface area contributed by atoms with Crippen LogP contribution in [0.1, 0.15) is 120 Å². The number of hydrogen-bond acceptors (Lipinski definition) is 16. The van der Waals surface area contributed by atoms with Crippen LogP contribution in [0, 0.1) is 50.2 Å². The highest BCUT2D eigenvalue weighted by Crippen LogP contribution is 2.76. The van der Waals surface area contributed by atoms with E-state index in [9.17, 15) is 55.9 Å². The Morgan fingerprint density at radius 2 is 1.22 bits per heavy atom. The van der Waals surface area contributed by atoms with Gasteiger partial charge in [-0.25, -0.2) is 0 Å². The van der Waals surface area contributed by atoms with Gasteiger partial charge >= 0.3 is 5.97 Å². The van der Waals surface area contributed by atoms with Crippen molar-refractivity contribution < 1.29 is 84.3 Å². The van der Waals surface area contributed by atoms with Gasteiger partial charge in [0.15, 0.2) is 18.9 Å². The molecule has 8 rings (SSSR count). The largest absolute Gasteiger partial charge is 0.481 e. The molecule has 0 bridgehead atoms. The van der Waals surface area contributed by atoms with Gasteiger partial charge in [-0.3, -0.25) is 4.79 Å². The van der Waals surface area contributed by atoms with Gasteiger partial charge in [-0.15, -0.1) is 0 Å². The van der Waals surface area contributed by atoms with Crippen LogP contribution >= 0.6 is 0 Å². The summed E-state index contributed by atoms with van der Waals surface area (Å²) in [6.07, 6.45) is -13.5. The van der Waals surface area contributed by atoms with Crippen molar-refractivity contribution in [3.05, 3.63) is 11.6 Å². The van der Waals surface area contributed by atoms with Crippen LogP contribution in [0.4, 0.5) is 0 Å². The SMILES string of the molecule is C[C@@H]1O[C@@H](O[C@@H]2[C@@H](O[C@H]3[C@H](OC4CCC5(C)C(CCC6(C)C5CC=C5C7CC(C)(C)CCC7(C(=O)O)CC[C@]56C)C4(C)C)O[C@H](CO)[C@@H](O)[C@@H]3O)O[C@@H](CO)[C@H](O)[C@H]2O)[C@H](O)[C@H](O)[C@H]1O. The molecule has 7 unspecified atom stereocenters. The van der Waals surface area contributed by atoms with Crippen molar-refractivity contribution in [2.75, 3.05) is 13.2 Å². The molecule has 0 aromatic carbocycles. The number of aliphatic carboxylic acids is 1. The summed E-state index contributed by atoms with van der Waals surface area (Å²) >= 11 is 0. The number of aliphatic hydroxyl groups is 9. The number of carbonyl (C=O) groups is 1. The third-order valence-corrected chi connectivity index (χ3v) is 19.3. The van der Waals surface area contributed by atoms with Crippen molar-refractivity contribution in [3.63, 3.8) is 0 Å². The molecule has 0 radical (unpaired) electrons. The Bertz CT molecular complexity index is 1780. The summed E-state index contributed by atoms with van der Waals surface area (Å²) in [5, 5.41) is 108. The van der Waals surface area contributed by atoms with Crippen molar-refractivity contribution in [1.29, 1.82) is 0 Å². The van der Waals surface area contributed by atoms with E-state index in [0.29, 0.717) is 25.2 Å². The van der Waals surface area contributed by atoms with E-state index in [2.05, 4.69) is 54.5 Å². The highest BCUT2D eigenvalue weighted by atomic mass is 16.8. The van der Waals surface area contributed by atoms with E-state index in [1.54, 1.807) is 0 Å². The molecule has 3 heterocycles. The van der Waals surface area contributed by atoms with E-state index < -0.39 is 128 Å². The summed E-state index contributed by atoms with van der Waals surface area (Å²) in [5.74, 6) is -0.153. The molecule has 10 N–H and O–H groups in total. The fraction of sp³-hybridized carbons (Fsp3) is 0.938. The number of carboxylic acids is 1. The topological polar surface area (TPSA) is 275 Å². The first kappa shape index (κ1) is 50.0. The molecule has 7 fully saturated rings. The minimum absolute atomic E-state index is 0.00942. The van der Waals surface area contributed by atoms with Gasteiger partial charge in [0.05, 0.1) is 30.8 Å². The third kappa shape index (κ3) is 7.81. The highest BCUT2D eigenvalue weighted by Gasteiger charge is 2.70. The van der Waals surface area contributed by atoms with E-state index in [0.717, 1.165) is 44.9 Å². The average molecular weight is 927 g/mol. The molecule has 0 aromatic rings. The van der Waals surface area contributed by atoms with Gasteiger partial charge in [-0.1, -0.05) is 60.1 Å². The summed E-state index contributed by atoms with van der Waals surface area (Å²) in [6, 6.07) is 0. The van der Waals surface area contributed by atoms with Crippen LogP contribution in [0.15, 0.2) is 11.6 Å². The molecule has 372 valence electrons. The molecule has 0 aromatic heterocycles. The smallest absolute Gasteiger partial charge is 0.310 e. The zero-order valence-corrected chi connectivity index (χ0v) is 39.4. The maximum absolute atomic E-state index is 13.2. The minimum Gasteiger partial charge on any atom is -0.481 e. The van der Waals surface area contributed by atoms with Gasteiger partial charge in [0.25, 0.3) is 0 Å². The monoisotopic (exact) mass is 927 g/mol. The number of hydrogen-bond donors (Lipinski definition) is 10. The van der Waals surface area contributed by atoms with E-state index in [1.165, 1.54) is 12.5 Å². The zero-order valence-electron chi connectivity index (χ0n) is 39.4. The molecule has 3 aliphatic heterocycles. The van der Waals surface area contributed by atoms with Crippen LogP contribution < -0.4 is 0 Å². The summed E-state index contributed by atoms with van der Waals surface area (Å²) < 4.78 is 36.8. The Kier molecular flexibility index (Phi) is 13.4. The average Bonchev–Trinajstić information content (AvgIpc) is 3.24. The summed E-state index contributed by atoms with van der Waals surface area (Å²) in [7, 11) is 0. The summed E-state index contributed by atoms with van der Waals surface area (Å²) in [4.78, 5) is 13.2. The van der Waals surface area contributed by atoms with Gasteiger partial charge < -0.3 is 79.5 Å². The molecule has 17 nitrogen and oxygen atoms in total. The van der Waals surface area contributed by atoms with Crippen LogP contribution in [-0.4, -0.2) is 168 Å². The van der Waals surface area contributed by atoms with Crippen molar-refractivity contribution in [2.45, 2.75) is 218 Å². The molecule has 23 atom stereocenters. The van der Waals surface area contributed by atoms with Gasteiger partial charge in [0, 0.05) is 0 Å². The molecular weight excluding hydrogens is 849 g/mol. The van der Waals surface area contributed by atoms with Crippen LogP contribution in [-0.2, 0) is 33.2 Å². The van der Waals surface area contributed by atoms with Gasteiger partial charge in [0.2, 0.25) is 0 Å². The summed E-state index contributed by atoms with van der Waals surface area (Å²) in [5.41, 5.74) is -0.116. The Labute approximate surface area is 382 Å². The minimum atomic E-state index is -1.83. The van der Waals surface area contributed by atoms with Gasteiger partial charge in [0.1, 0.15) is 67.1 Å². The first-order chi connectivity index (χ1) is 30.3. The molecule has 8 aliphatic rings. The highest BCUT2D eigenvalue weighted by molar-refractivity contribution is 5.76. The number of allylic oxidation sites excluding steroid dienone is 2. The predicted molar refractivity (Wildman–Crippen MR) is 229 cm³/mol. The van der Waals surface area contributed by atoms with E-state index in [-0.39, 0.29) is 33.5 Å². The fourth-order valence-corrected chi connectivity index (χ4v) is 15.1. The van der Waals surface area contributed by atoms with Crippen molar-refractivity contribution in [3.8, 4) is 0 Å². The first-order valence-electron chi connectivity index (χ1n) is 24.2. The molecular formula is C48H78O17. The lowest BCUT2D eigenvalue weighted by Crippen LogP contribution is -2.67. The van der Waals surface area contributed by atoms with E-state index in [1.807, 2.05) is 0 Å². The number of fused-ring (bicyclic) bond motifs is 7. The second-order valence-electron chi connectivity index (χ2n) is 23.5. The Hall–Kier alpha value is -1.39. The summed E-state index contributed by atoms with van der Waals surface area (Å²) in [6.45, 7) is 16.3. The maximum Gasteiger partial charge on any atom is 0.310 e. The van der Waals surface area contributed by atoms with Crippen LogP contribution in [0.2, 0.25) is 0 Å². The quantitative estimate of drug-likeness (QED) is 0.117. The standard InChI is InChI=1S/C48H78O17/c1-22-30(51)33(54)36(57)39(60-22)64-38-35(56)32(53)26(21-50)62-41(38)65-37-34(55)31(52)25(20-49)61-40(37)63-29-12-13-45(6)27(44(29,4)5)11-14-47(8)28(45)10-9-23-24-19-43(2,3)15-17-48(24,42(58)59)18-16-46(23,47)7/h9,22,24-41,49-57H,10-21H2,1-8H3,(H,58,59)/t22-,24?,25+,26-,27?,28?,29?,30-,31+,32-,33+,34-,35+,36+,37+,38-,39-,40-,41+,45?,46+,47?,48?/m0/s1. The van der Waals surface area contributed by atoms with Gasteiger partial charge in [-0.05, 0) is 116 Å². The predicted octanol–water partition coefficient (Wildman–Crippen LogP) is 1.73. The van der Waals surface area contributed by atoms with Crippen molar-refractivity contribution >= 4 is 5.97 Å². The Morgan fingerprint density at radius 1 is 0.646 bits per heavy atom. The molecule has 0 amide bonds. The maximum atomic E-state index is 13.2. The molecule has 4 saturated carbocycles. The molecule has 17 heteroatoms. The van der Waals surface area contributed by atoms with Crippen LogP contribution in [0.3, 0.4) is 0 Å². The second kappa shape index (κ2) is 17.5. The third-order valence-electron chi connectivity index (χ3n) is 19.3. The first-order valence-corrected chi connectivity index (χ1v) is 24.2. The zero-order chi connectivity index (χ0) is 47.6. The number of aliphatic hydroxyl groups excluding tert-OH is 9. The lowest BCUT2D eigenvalue weighted by molar-refractivity contribution is -0.397. The Balaban J connectivity index is 1.05. The van der Waals surface area contributed by atoms with E-state index >= 15 is 0 Å². The number of rotatable bonds is 9. The molecule has 5 aliphatic carbocycles. The fourth-order valence-electron chi connectivity index (χ4n) is 15.1. The molecule has 0 spiro atoms. The second-order valence-corrected chi connectivity index (χ2v) is 23.5. The van der Waals surface area contributed by atoms with Crippen molar-refractivity contribution in [1.82, 2.24) is 0 Å². The number of ether oxygens (including phenoxy) is 6.